The van der Waals surface area contributed by atoms with Gasteiger partial charge in [-0.15, -0.1) is 11.3 Å². The molecule has 0 spiro atoms. The maximum absolute atomic E-state index is 12.8. The van der Waals surface area contributed by atoms with Gasteiger partial charge in [0.2, 0.25) is 0 Å². The van der Waals surface area contributed by atoms with E-state index in [1.807, 2.05) is 42.4 Å². The summed E-state index contributed by atoms with van der Waals surface area (Å²) >= 11 is 1.74. The summed E-state index contributed by atoms with van der Waals surface area (Å²) in [6, 6.07) is 12.0. The third-order valence-electron chi connectivity index (χ3n) is 3.90. The van der Waals surface area contributed by atoms with Crippen molar-refractivity contribution in [3.63, 3.8) is 0 Å². The van der Waals surface area contributed by atoms with Gasteiger partial charge in [0.05, 0.1) is 6.04 Å². The Morgan fingerprint density at radius 3 is 2.76 bits per heavy atom. The lowest BCUT2D eigenvalue weighted by atomic mass is 10.1. The molecule has 4 heteroatoms. The SMILES string of the molecule is Cc1ccc(C(C)N(C)C(=O)c2cccc3[nH]ccc23)s1. The molecule has 0 bridgehead atoms. The highest BCUT2D eigenvalue weighted by molar-refractivity contribution is 7.12. The number of H-pyrrole nitrogens is 1. The van der Waals surface area contributed by atoms with Crippen LogP contribution in [0.4, 0.5) is 0 Å². The van der Waals surface area contributed by atoms with Gasteiger partial charge in [-0.05, 0) is 44.2 Å². The normalized spacial score (nSPS) is 12.5. The first-order valence-corrected chi connectivity index (χ1v) is 7.79. The lowest BCUT2D eigenvalue weighted by Crippen LogP contribution is -2.29. The van der Waals surface area contributed by atoms with Crippen LogP contribution in [0.5, 0.6) is 0 Å². The number of benzene rings is 1. The van der Waals surface area contributed by atoms with Gasteiger partial charge in [0.15, 0.2) is 0 Å². The summed E-state index contributed by atoms with van der Waals surface area (Å²) in [6.45, 7) is 4.16. The molecule has 1 atom stereocenters. The molecule has 0 fully saturated rings. The molecule has 0 aliphatic carbocycles. The topological polar surface area (TPSA) is 36.1 Å². The van der Waals surface area contributed by atoms with E-state index < -0.39 is 0 Å². The fraction of sp³-hybridized carbons (Fsp3) is 0.235. The van der Waals surface area contributed by atoms with Crippen LogP contribution >= 0.6 is 11.3 Å². The number of nitrogens with one attached hydrogen (secondary N) is 1. The van der Waals surface area contributed by atoms with Gasteiger partial charge < -0.3 is 9.88 Å². The standard InChI is InChI=1S/C17H18N2OS/c1-11-7-8-16(21-11)12(2)19(3)17(20)14-5-4-6-15-13(14)9-10-18-15/h4-10,12,18H,1-3H3. The average Bonchev–Trinajstić information content (AvgIpc) is 3.13. The van der Waals surface area contributed by atoms with E-state index in [-0.39, 0.29) is 11.9 Å². The third kappa shape index (κ3) is 2.47. The van der Waals surface area contributed by atoms with Crippen LogP contribution in [0, 0.1) is 6.92 Å². The summed E-state index contributed by atoms with van der Waals surface area (Å²) in [5.74, 6) is 0.0544. The highest BCUT2D eigenvalue weighted by Crippen LogP contribution is 2.28. The highest BCUT2D eigenvalue weighted by atomic mass is 32.1. The molecule has 1 unspecified atom stereocenters. The number of hydrogen-bond acceptors (Lipinski definition) is 2. The predicted molar refractivity (Wildman–Crippen MR) is 87.9 cm³/mol. The zero-order valence-corrected chi connectivity index (χ0v) is 13.2. The first kappa shape index (κ1) is 13.9. The summed E-state index contributed by atoms with van der Waals surface area (Å²) in [5.41, 5.74) is 1.74. The van der Waals surface area contributed by atoms with E-state index in [0.717, 1.165) is 16.5 Å². The second-order valence-corrected chi connectivity index (χ2v) is 6.60. The molecular formula is C17H18N2OS. The molecule has 21 heavy (non-hydrogen) atoms. The quantitative estimate of drug-likeness (QED) is 0.765. The number of aryl methyl sites for hydroxylation is 1. The number of nitrogens with zero attached hydrogens (tertiary/aromatic N) is 1. The molecule has 3 nitrogen and oxygen atoms in total. The molecule has 2 aromatic heterocycles. The summed E-state index contributed by atoms with van der Waals surface area (Å²) in [7, 11) is 1.87. The second-order valence-electron chi connectivity index (χ2n) is 5.28. The molecule has 3 rings (SSSR count). The molecule has 0 radical (unpaired) electrons. The van der Waals surface area contributed by atoms with Gasteiger partial charge in [0.25, 0.3) is 5.91 Å². The van der Waals surface area contributed by atoms with Crippen LogP contribution in [0.25, 0.3) is 10.9 Å². The molecule has 108 valence electrons. The van der Waals surface area contributed by atoms with E-state index >= 15 is 0 Å². The van der Waals surface area contributed by atoms with Crippen LogP contribution < -0.4 is 0 Å². The minimum Gasteiger partial charge on any atom is -0.361 e. The van der Waals surface area contributed by atoms with E-state index in [9.17, 15) is 4.79 Å². The first-order valence-electron chi connectivity index (χ1n) is 6.97. The molecule has 0 saturated carbocycles. The number of hydrogen-bond donors (Lipinski definition) is 1. The van der Waals surface area contributed by atoms with Crippen LogP contribution in [0.1, 0.15) is 33.1 Å². The van der Waals surface area contributed by atoms with Gasteiger partial charge >= 0.3 is 0 Å². The van der Waals surface area contributed by atoms with Gasteiger partial charge in [-0.25, -0.2) is 0 Å². The molecular weight excluding hydrogens is 280 g/mol. The number of rotatable bonds is 3. The third-order valence-corrected chi connectivity index (χ3v) is 5.07. The number of amides is 1. The molecule has 2 heterocycles. The number of aromatic nitrogens is 1. The largest absolute Gasteiger partial charge is 0.361 e. The second kappa shape index (κ2) is 5.37. The Labute approximate surface area is 128 Å². The van der Waals surface area contributed by atoms with E-state index in [1.54, 1.807) is 11.3 Å². The van der Waals surface area contributed by atoms with Gasteiger partial charge in [0, 0.05) is 39.5 Å². The van der Waals surface area contributed by atoms with Gasteiger partial charge in [0.1, 0.15) is 0 Å². The first-order chi connectivity index (χ1) is 10.1. The van der Waals surface area contributed by atoms with Crippen molar-refractivity contribution in [3.8, 4) is 0 Å². The van der Waals surface area contributed by atoms with Crippen molar-refractivity contribution in [2.45, 2.75) is 19.9 Å². The Balaban J connectivity index is 1.92. The number of fused-ring (bicyclic) bond motifs is 1. The Morgan fingerprint density at radius 1 is 1.24 bits per heavy atom. The van der Waals surface area contributed by atoms with Crippen LogP contribution in [-0.2, 0) is 0 Å². The number of thiophene rings is 1. The van der Waals surface area contributed by atoms with Crippen molar-refractivity contribution in [2.24, 2.45) is 0 Å². The van der Waals surface area contributed by atoms with Crippen molar-refractivity contribution in [1.82, 2.24) is 9.88 Å². The van der Waals surface area contributed by atoms with Crippen molar-refractivity contribution in [1.29, 1.82) is 0 Å². The Kier molecular flexibility index (Phi) is 3.55. The van der Waals surface area contributed by atoms with Gasteiger partial charge in [-0.1, -0.05) is 6.07 Å². The summed E-state index contributed by atoms with van der Waals surface area (Å²) in [4.78, 5) is 20.2. The Morgan fingerprint density at radius 2 is 2.05 bits per heavy atom. The molecule has 0 aliphatic heterocycles. The summed E-state index contributed by atoms with van der Waals surface area (Å²) in [5, 5.41) is 0.976. The molecule has 0 saturated heterocycles. The van der Waals surface area contributed by atoms with Crippen LogP contribution in [0.15, 0.2) is 42.6 Å². The predicted octanol–water partition coefficient (Wildman–Crippen LogP) is 4.37. The van der Waals surface area contributed by atoms with Crippen molar-refractivity contribution in [2.75, 3.05) is 7.05 Å². The fourth-order valence-corrected chi connectivity index (χ4v) is 3.48. The van der Waals surface area contributed by atoms with Gasteiger partial charge in [-0.2, -0.15) is 0 Å². The molecule has 3 aromatic rings. The van der Waals surface area contributed by atoms with E-state index in [4.69, 9.17) is 0 Å². The van der Waals surface area contributed by atoms with Crippen LogP contribution in [-0.4, -0.2) is 22.8 Å². The number of aromatic amines is 1. The van der Waals surface area contributed by atoms with Crippen molar-refractivity contribution < 1.29 is 4.79 Å². The molecule has 1 aromatic carbocycles. The van der Waals surface area contributed by atoms with Crippen molar-refractivity contribution in [3.05, 3.63) is 57.9 Å². The minimum atomic E-state index is 0.0544. The minimum absolute atomic E-state index is 0.0544. The lowest BCUT2D eigenvalue weighted by Gasteiger charge is -2.24. The van der Waals surface area contributed by atoms with E-state index in [1.165, 1.54) is 9.75 Å². The molecule has 0 aliphatic rings. The van der Waals surface area contributed by atoms with Crippen LogP contribution in [0.3, 0.4) is 0 Å². The average molecular weight is 298 g/mol. The molecule has 1 amide bonds. The molecule has 1 N–H and O–H groups in total. The maximum Gasteiger partial charge on any atom is 0.254 e. The van der Waals surface area contributed by atoms with Gasteiger partial charge in [-0.3, -0.25) is 4.79 Å². The van der Waals surface area contributed by atoms with E-state index in [2.05, 4.69) is 31.0 Å². The number of carbonyl (C=O) groups excluding carboxylic acids is 1. The summed E-state index contributed by atoms with van der Waals surface area (Å²) in [6.07, 6.45) is 1.87. The van der Waals surface area contributed by atoms with E-state index in [0.29, 0.717) is 0 Å². The van der Waals surface area contributed by atoms with Crippen LogP contribution in [0.2, 0.25) is 0 Å². The lowest BCUT2D eigenvalue weighted by molar-refractivity contribution is 0.0747. The monoisotopic (exact) mass is 298 g/mol. The summed E-state index contributed by atoms with van der Waals surface area (Å²) < 4.78 is 0. The smallest absolute Gasteiger partial charge is 0.254 e. The zero-order chi connectivity index (χ0) is 15.0. The Bertz CT molecular complexity index is 787. The Hall–Kier alpha value is -2.07. The maximum atomic E-state index is 12.8. The fourth-order valence-electron chi connectivity index (χ4n) is 2.51. The number of carbonyl (C=O) groups is 1. The zero-order valence-electron chi connectivity index (χ0n) is 12.4. The highest BCUT2D eigenvalue weighted by Gasteiger charge is 2.21. The van der Waals surface area contributed by atoms with Crippen molar-refractivity contribution >= 4 is 28.1 Å².